The molecule has 2 aromatic rings. The van der Waals surface area contributed by atoms with Crippen molar-refractivity contribution < 1.29 is 24.2 Å². The molecule has 7 heteroatoms. The predicted molar refractivity (Wildman–Crippen MR) is 98.8 cm³/mol. The number of amides is 1. The number of benzene rings is 2. The van der Waals surface area contributed by atoms with Crippen LogP contribution in [0.3, 0.4) is 0 Å². The Morgan fingerprint density at radius 2 is 1.56 bits per heavy atom. The molecule has 0 saturated carbocycles. The van der Waals surface area contributed by atoms with E-state index in [1.807, 2.05) is 13.8 Å². The van der Waals surface area contributed by atoms with Crippen molar-refractivity contribution >= 4 is 17.6 Å². The van der Waals surface area contributed by atoms with Gasteiger partial charge in [-0.05, 0) is 74.9 Å². The van der Waals surface area contributed by atoms with Crippen LogP contribution in [0.25, 0.3) is 0 Å². The first kappa shape index (κ1) is 20.0. The Balaban J connectivity index is 1.95. The molecule has 0 aliphatic carbocycles. The highest BCUT2D eigenvalue weighted by molar-refractivity contribution is 6.00. The van der Waals surface area contributed by atoms with E-state index in [1.54, 1.807) is 55.5 Å². The molecule has 27 heavy (non-hydrogen) atoms. The number of nitrogens with one attached hydrogen (secondary N) is 1. The van der Waals surface area contributed by atoms with Crippen molar-refractivity contribution in [2.75, 3.05) is 6.61 Å². The number of nitrogens with zero attached hydrogens (tertiary/aromatic N) is 1. The molecule has 142 valence electrons. The molecule has 2 rings (SSSR count). The molecule has 1 amide bonds. The Morgan fingerprint density at radius 3 is 2.11 bits per heavy atom. The van der Waals surface area contributed by atoms with Gasteiger partial charge < -0.3 is 19.4 Å². The standard InChI is InChI=1S/C20H22N2O5/c1-13(2)27-18-10-6-16(7-11-18)20(25)22-21-14(3)15-4-8-17(9-5-15)26-12-19(23)24/h4-11,13H,12H2,1-3H3,(H,22,25)(H,23,24)/p-1/b21-14-. The lowest BCUT2D eigenvalue weighted by Crippen LogP contribution is -2.28. The summed E-state index contributed by atoms with van der Waals surface area (Å²) < 4.78 is 10.5. The van der Waals surface area contributed by atoms with Crippen LogP contribution in [0.5, 0.6) is 11.5 Å². The second kappa shape index (κ2) is 9.38. The molecule has 7 nitrogen and oxygen atoms in total. The summed E-state index contributed by atoms with van der Waals surface area (Å²) in [6.07, 6.45) is 0.0644. The number of carboxylic acids is 1. The highest BCUT2D eigenvalue weighted by Gasteiger charge is 2.06. The Morgan fingerprint density at radius 1 is 1.00 bits per heavy atom. The van der Waals surface area contributed by atoms with Crippen LogP contribution in [0, 0.1) is 0 Å². The van der Waals surface area contributed by atoms with E-state index in [1.165, 1.54) is 0 Å². The molecule has 0 bridgehead atoms. The van der Waals surface area contributed by atoms with Gasteiger partial charge >= 0.3 is 0 Å². The summed E-state index contributed by atoms with van der Waals surface area (Å²) in [5.74, 6) is -0.520. The van der Waals surface area contributed by atoms with E-state index < -0.39 is 12.6 Å². The maximum Gasteiger partial charge on any atom is 0.271 e. The number of hydrazone groups is 1. The Hall–Kier alpha value is -3.35. The number of rotatable bonds is 8. The van der Waals surface area contributed by atoms with Gasteiger partial charge in [-0.15, -0.1) is 0 Å². The van der Waals surface area contributed by atoms with Crippen molar-refractivity contribution in [1.29, 1.82) is 0 Å². The van der Waals surface area contributed by atoms with Gasteiger partial charge in [0.05, 0.1) is 17.8 Å². The lowest BCUT2D eigenvalue weighted by atomic mass is 10.1. The average Bonchev–Trinajstić information content (AvgIpc) is 2.64. The summed E-state index contributed by atoms with van der Waals surface area (Å²) in [5.41, 5.74) is 4.32. The van der Waals surface area contributed by atoms with E-state index in [0.717, 1.165) is 5.56 Å². The van der Waals surface area contributed by atoms with Gasteiger partial charge in [0, 0.05) is 5.56 Å². The second-order valence-corrected chi connectivity index (χ2v) is 6.01. The third-order valence-corrected chi connectivity index (χ3v) is 3.44. The van der Waals surface area contributed by atoms with Crippen molar-refractivity contribution in [2.24, 2.45) is 5.10 Å². The van der Waals surface area contributed by atoms with Crippen molar-refractivity contribution in [2.45, 2.75) is 26.9 Å². The Bertz CT molecular complexity index is 811. The summed E-state index contributed by atoms with van der Waals surface area (Å²) in [4.78, 5) is 22.6. The normalized spacial score (nSPS) is 11.2. The first-order valence-corrected chi connectivity index (χ1v) is 8.39. The highest BCUT2D eigenvalue weighted by Crippen LogP contribution is 2.14. The zero-order valence-electron chi connectivity index (χ0n) is 15.4. The van der Waals surface area contributed by atoms with E-state index in [4.69, 9.17) is 9.47 Å². The summed E-state index contributed by atoms with van der Waals surface area (Å²) in [5, 5.41) is 14.5. The Kier molecular flexibility index (Phi) is 6.93. The molecule has 0 fully saturated rings. The second-order valence-electron chi connectivity index (χ2n) is 6.01. The van der Waals surface area contributed by atoms with Crippen molar-refractivity contribution in [3.05, 3.63) is 59.7 Å². The monoisotopic (exact) mass is 369 g/mol. The van der Waals surface area contributed by atoms with Gasteiger partial charge in [0.1, 0.15) is 18.1 Å². The summed E-state index contributed by atoms with van der Waals surface area (Å²) in [6.45, 7) is 5.10. The molecule has 0 aromatic heterocycles. The molecular formula is C20H21N2O5-. The minimum atomic E-state index is -1.29. The molecule has 1 N–H and O–H groups in total. The maximum atomic E-state index is 12.2. The predicted octanol–water partition coefficient (Wildman–Crippen LogP) is 1.76. The van der Waals surface area contributed by atoms with Crippen molar-refractivity contribution in [3.63, 3.8) is 0 Å². The smallest absolute Gasteiger partial charge is 0.271 e. The fourth-order valence-electron chi connectivity index (χ4n) is 2.16. The Labute approximate surface area is 157 Å². The van der Waals surface area contributed by atoms with Gasteiger partial charge in [-0.3, -0.25) is 4.79 Å². The van der Waals surface area contributed by atoms with Gasteiger partial charge in [-0.1, -0.05) is 0 Å². The van der Waals surface area contributed by atoms with Crippen LogP contribution >= 0.6 is 0 Å². The first-order valence-electron chi connectivity index (χ1n) is 8.39. The molecule has 0 atom stereocenters. The van der Waals surface area contributed by atoms with Gasteiger partial charge in [0.2, 0.25) is 0 Å². The lowest BCUT2D eigenvalue weighted by molar-refractivity contribution is -0.307. The van der Waals surface area contributed by atoms with E-state index in [0.29, 0.717) is 22.8 Å². The zero-order valence-corrected chi connectivity index (χ0v) is 15.4. The fraction of sp³-hybridized carbons (Fsp3) is 0.250. The lowest BCUT2D eigenvalue weighted by Gasteiger charge is -2.10. The fourth-order valence-corrected chi connectivity index (χ4v) is 2.16. The number of ether oxygens (including phenoxy) is 2. The molecule has 0 saturated heterocycles. The van der Waals surface area contributed by atoms with Crippen molar-refractivity contribution in [1.82, 2.24) is 5.43 Å². The zero-order chi connectivity index (χ0) is 19.8. The summed E-state index contributed by atoms with van der Waals surface area (Å²) >= 11 is 0. The quantitative estimate of drug-likeness (QED) is 0.564. The minimum absolute atomic E-state index is 0.0644. The van der Waals surface area contributed by atoms with Crippen LogP contribution in [0.1, 0.15) is 36.7 Å². The first-order chi connectivity index (χ1) is 12.8. The van der Waals surface area contributed by atoms with Crippen LogP contribution in [0.4, 0.5) is 0 Å². The third-order valence-electron chi connectivity index (χ3n) is 3.44. The number of carbonyl (C=O) groups excluding carboxylic acids is 2. The van der Waals surface area contributed by atoms with E-state index in [2.05, 4.69) is 10.5 Å². The number of carbonyl (C=O) groups is 2. The van der Waals surface area contributed by atoms with Crippen LogP contribution in [-0.4, -0.2) is 30.3 Å². The average molecular weight is 369 g/mol. The molecule has 2 aromatic carbocycles. The van der Waals surface area contributed by atoms with Gasteiger partial charge in [0.25, 0.3) is 5.91 Å². The van der Waals surface area contributed by atoms with Crippen molar-refractivity contribution in [3.8, 4) is 11.5 Å². The number of aliphatic carboxylic acids is 1. The van der Waals surface area contributed by atoms with E-state index in [9.17, 15) is 14.7 Å². The largest absolute Gasteiger partial charge is 0.546 e. The van der Waals surface area contributed by atoms with Crippen LogP contribution < -0.4 is 20.0 Å². The molecule has 0 aliphatic heterocycles. The SMILES string of the molecule is C/C(=N/NC(=O)c1ccc(OC(C)C)cc1)c1ccc(OCC(=O)[O-])cc1. The number of carboxylic acid groups (broad SMARTS) is 1. The summed E-state index contributed by atoms with van der Waals surface area (Å²) in [6, 6.07) is 13.5. The minimum Gasteiger partial charge on any atom is -0.546 e. The molecule has 0 aliphatic rings. The molecule has 0 spiro atoms. The molecule has 0 unspecified atom stereocenters. The molecular weight excluding hydrogens is 348 g/mol. The molecule has 0 radical (unpaired) electrons. The summed E-state index contributed by atoms with van der Waals surface area (Å²) in [7, 11) is 0. The van der Waals surface area contributed by atoms with Gasteiger partial charge in [-0.2, -0.15) is 5.10 Å². The van der Waals surface area contributed by atoms with E-state index in [-0.39, 0.29) is 12.0 Å². The number of hydrogen-bond acceptors (Lipinski definition) is 6. The van der Waals surface area contributed by atoms with Gasteiger partial charge in [-0.25, -0.2) is 5.43 Å². The van der Waals surface area contributed by atoms with Crippen LogP contribution in [-0.2, 0) is 4.79 Å². The van der Waals surface area contributed by atoms with Crippen LogP contribution in [0.2, 0.25) is 0 Å². The van der Waals surface area contributed by atoms with E-state index >= 15 is 0 Å². The third kappa shape index (κ3) is 6.47. The van der Waals surface area contributed by atoms with Crippen LogP contribution in [0.15, 0.2) is 53.6 Å². The maximum absolute atomic E-state index is 12.2. The highest BCUT2D eigenvalue weighted by atomic mass is 16.5. The molecule has 0 heterocycles. The topological polar surface area (TPSA) is 100 Å². The number of hydrogen-bond donors (Lipinski definition) is 1. The van der Waals surface area contributed by atoms with Gasteiger partial charge in [0.15, 0.2) is 0 Å².